The van der Waals surface area contributed by atoms with Gasteiger partial charge in [-0.2, -0.15) is 0 Å². The number of piperidine rings is 1. The maximum atomic E-state index is 11.5. The lowest BCUT2D eigenvalue weighted by atomic mass is 9.52. The molecular weight excluding hydrogens is 262 g/mol. The molecule has 0 spiro atoms. The van der Waals surface area contributed by atoms with Gasteiger partial charge in [0.05, 0.1) is 7.11 Å². The van der Waals surface area contributed by atoms with Crippen molar-refractivity contribution in [3.05, 3.63) is 29.3 Å². The van der Waals surface area contributed by atoms with E-state index in [-0.39, 0.29) is 0 Å². The van der Waals surface area contributed by atoms with E-state index in [0.717, 1.165) is 31.5 Å². The minimum Gasteiger partial charge on any atom is -0.497 e. The summed E-state index contributed by atoms with van der Waals surface area (Å²) in [6.07, 6.45) is 8.40. The third kappa shape index (κ3) is 1.76. The van der Waals surface area contributed by atoms with Gasteiger partial charge in [0.2, 0.25) is 6.41 Å². The molecule has 2 fully saturated rings. The number of methoxy groups -OCH3 is 1. The number of carbonyl (C=O) groups is 1. The standard InChI is InChI=1S/C18H23NO2/c1-21-14-6-5-13-10-17-15-4-2-3-7-18(15,16(13)11-14)8-9-19(17)12-20/h5-6,11-12,15,17H,2-4,7-10H2,1H3/t15?,17-,18-/m1/s1. The zero-order chi connectivity index (χ0) is 14.4. The highest BCUT2D eigenvalue weighted by Crippen LogP contribution is 2.55. The van der Waals surface area contributed by atoms with Crippen molar-refractivity contribution in [3.63, 3.8) is 0 Å². The summed E-state index contributed by atoms with van der Waals surface area (Å²) in [6.45, 7) is 0.918. The van der Waals surface area contributed by atoms with Gasteiger partial charge in [0.15, 0.2) is 0 Å². The smallest absolute Gasteiger partial charge is 0.209 e. The fourth-order valence-corrected chi connectivity index (χ4v) is 5.27. The van der Waals surface area contributed by atoms with Gasteiger partial charge in [0.25, 0.3) is 0 Å². The lowest BCUT2D eigenvalue weighted by Crippen LogP contribution is -2.60. The second-order valence-corrected chi connectivity index (χ2v) is 6.90. The van der Waals surface area contributed by atoms with E-state index in [1.165, 1.54) is 36.8 Å². The molecule has 1 saturated heterocycles. The Hall–Kier alpha value is -1.51. The molecule has 1 aromatic rings. The number of rotatable bonds is 2. The molecule has 2 aliphatic carbocycles. The quantitative estimate of drug-likeness (QED) is 0.782. The molecule has 112 valence electrons. The van der Waals surface area contributed by atoms with Gasteiger partial charge in [0, 0.05) is 18.0 Å². The summed E-state index contributed by atoms with van der Waals surface area (Å²) in [4.78, 5) is 13.5. The minimum absolute atomic E-state index is 0.296. The van der Waals surface area contributed by atoms with Gasteiger partial charge in [-0.05, 0) is 54.9 Å². The first-order valence-corrected chi connectivity index (χ1v) is 8.17. The van der Waals surface area contributed by atoms with Crippen molar-refractivity contribution in [2.24, 2.45) is 5.92 Å². The van der Waals surface area contributed by atoms with E-state index in [9.17, 15) is 4.79 Å². The van der Waals surface area contributed by atoms with Crippen LogP contribution < -0.4 is 4.74 Å². The molecule has 0 N–H and O–H groups in total. The Balaban J connectivity index is 1.87. The van der Waals surface area contributed by atoms with Crippen LogP contribution in [0.2, 0.25) is 0 Å². The SMILES string of the molecule is COc1ccc2c(c1)[C@@]13CCCCC1[C@@H](C2)N(C=O)CC3. The van der Waals surface area contributed by atoms with Gasteiger partial charge in [-0.3, -0.25) is 4.79 Å². The third-order valence-corrected chi connectivity index (χ3v) is 6.22. The molecular formula is C18H23NO2. The first kappa shape index (κ1) is 13.2. The minimum atomic E-state index is 0.296. The summed E-state index contributed by atoms with van der Waals surface area (Å²) in [5, 5.41) is 0. The van der Waals surface area contributed by atoms with Crippen LogP contribution in [0.4, 0.5) is 0 Å². The van der Waals surface area contributed by atoms with Crippen molar-refractivity contribution in [1.29, 1.82) is 0 Å². The number of fused-ring (bicyclic) bond motifs is 1. The Labute approximate surface area is 126 Å². The third-order valence-electron chi connectivity index (χ3n) is 6.22. The number of carbonyl (C=O) groups excluding carboxylic acids is 1. The molecule has 0 aromatic heterocycles. The maximum Gasteiger partial charge on any atom is 0.209 e. The highest BCUT2D eigenvalue weighted by atomic mass is 16.5. The Morgan fingerprint density at radius 3 is 3.05 bits per heavy atom. The Kier molecular flexibility index (Phi) is 2.98. The first-order valence-electron chi connectivity index (χ1n) is 8.17. The predicted molar refractivity (Wildman–Crippen MR) is 81.5 cm³/mol. The second-order valence-electron chi connectivity index (χ2n) is 6.90. The van der Waals surface area contributed by atoms with E-state index >= 15 is 0 Å². The normalized spacial score (nSPS) is 33.9. The van der Waals surface area contributed by atoms with Gasteiger partial charge in [0.1, 0.15) is 5.75 Å². The second kappa shape index (κ2) is 4.75. The van der Waals surface area contributed by atoms with Gasteiger partial charge in [-0.25, -0.2) is 0 Å². The van der Waals surface area contributed by atoms with Crippen molar-refractivity contribution in [3.8, 4) is 5.75 Å². The number of benzene rings is 1. The Morgan fingerprint density at radius 1 is 1.33 bits per heavy atom. The topological polar surface area (TPSA) is 29.5 Å². The summed E-state index contributed by atoms with van der Waals surface area (Å²) >= 11 is 0. The van der Waals surface area contributed by atoms with Crippen LogP contribution in [-0.4, -0.2) is 31.0 Å². The average Bonchev–Trinajstić information content (AvgIpc) is 2.54. The van der Waals surface area contributed by atoms with Gasteiger partial charge in [-0.15, -0.1) is 0 Å². The summed E-state index contributed by atoms with van der Waals surface area (Å²) < 4.78 is 5.47. The average molecular weight is 285 g/mol. The van der Waals surface area contributed by atoms with Crippen molar-refractivity contribution in [2.75, 3.05) is 13.7 Å². The van der Waals surface area contributed by atoms with Crippen LogP contribution in [0.3, 0.4) is 0 Å². The molecule has 2 bridgehead atoms. The van der Waals surface area contributed by atoms with E-state index in [2.05, 4.69) is 23.1 Å². The van der Waals surface area contributed by atoms with Crippen LogP contribution in [0.5, 0.6) is 5.75 Å². The Morgan fingerprint density at radius 2 is 2.24 bits per heavy atom. The van der Waals surface area contributed by atoms with Crippen LogP contribution in [0, 0.1) is 5.92 Å². The van der Waals surface area contributed by atoms with Crippen LogP contribution in [0.25, 0.3) is 0 Å². The number of amides is 1. The van der Waals surface area contributed by atoms with E-state index in [4.69, 9.17) is 4.74 Å². The summed E-state index contributed by atoms with van der Waals surface area (Å²) in [5.41, 5.74) is 3.25. The van der Waals surface area contributed by atoms with Crippen molar-refractivity contribution >= 4 is 6.41 Å². The van der Waals surface area contributed by atoms with Gasteiger partial charge < -0.3 is 9.64 Å². The molecule has 0 radical (unpaired) electrons. The van der Waals surface area contributed by atoms with Gasteiger partial charge >= 0.3 is 0 Å². The van der Waals surface area contributed by atoms with Crippen LogP contribution in [0.1, 0.15) is 43.2 Å². The summed E-state index contributed by atoms with van der Waals surface area (Å²) in [6, 6.07) is 6.99. The van der Waals surface area contributed by atoms with Crippen molar-refractivity contribution in [2.45, 2.75) is 50.0 Å². The fraction of sp³-hybridized carbons (Fsp3) is 0.611. The maximum absolute atomic E-state index is 11.5. The molecule has 4 rings (SSSR count). The summed E-state index contributed by atoms with van der Waals surface area (Å²) in [5.74, 6) is 1.62. The largest absolute Gasteiger partial charge is 0.497 e. The fourth-order valence-electron chi connectivity index (χ4n) is 5.27. The highest BCUT2D eigenvalue weighted by molar-refractivity contribution is 5.52. The molecule has 1 aromatic carbocycles. The van der Waals surface area contributed by atoms with Crippen LogP contribution >= 0.6 is 0 Å². The van der Waals surface area contributed by atoms with Crippen LogP contribution in [0.15, 0.2) is 18.2 Å². The van der Waals surface area contributed by atoms with E-state index < -0.39 is 0 Å². The highest BCUT2D eigenvalue weighted by Gasteiger charge is 2.53. The molecule has 1 saturated carbocycles. The zero-order valence-corrected chi connectivity index (χ0v) is 12.7. The van der Waals surface area contributed by atoms with E-state index in [1.54, 1.807) is 7.11 Å². The number of nitrogens with zero attached hydrogens (tertiary/aromatic N) is 1. The van der Waals surface area contributed by atoms with Crippen LogP contribution in [-0.2, 0) is 16.6 Å². The molecule has 3 aliphatic rings. The predicted octanol–water partition coefficient (Wildman–Crippen LogP) is 2.91. The number of hydrogen-bond donors (Lipinski definition) is 0. The molecule has 1 heterocycles. The molecule has 3 nitrogen and oxygen atoms in total. The molecule has 21 heavy (non-hydrogen) atoms. The number of likely N-dealkylation sites (tertiary alicyclic amines) is 1. The number of hydrogen-bond acceptors (Lipinski definition) is 2. The Bertz CT molecular complexity index is 570. The molecule has 1 amide bonds. The first-order chi connectivity index (χ1) is 10.3. The lowest BCUT2D eigenvalue weighted by Gasteiger charge is -2.58. The molecule has 1 unspecified atom stereocenters. The zero-order valence-electron chi connectivity index (χ0n) is 12.7. The van der Waals surface area contributed by atoms with Crippen molar-refractivity contribution in [1.82, 2.24) is 4.90 Å². The summed E-state index contributed by atoms with van der Waals surface area (Å²) in [7, 11) is 1.75. The van der Waals surface area contributed by atoms with Crippen molar-refractivity contribution < 1.29 is 9.53 Å². The van der Waals surface area contributed by atoms with E-state index in [1.807, 2.05) is 0 Å². The van der Waals surface area contributed by atoms with Gasteiger partial charge in [-0.1, -0.05) is 18.9 Å². The molecule has 3 heteroatoms. The monoisotopic (exact) mass is 285 g/mol. The molecule has 1 aliphatic heterocycles. The molecule has 3 atom stereocenters. The number of ether oxygens (including phenoxy) is 1. The lowest BCUT2D eigenvalue weighted by molar-refractivity contribution is -0.126. The van der Waals surface area contributed by atoms with E-state index in [0.29, 0.717) is 17.4 Å².